The number of hydrogen-bond acceptors (Lipinski definition) is 4. The molecule has 4 nitrogen and oxygen atoms in total. The quantitative estimate of drug-likeness (QED) is 0.931. The van der Waals surface area contributed by atoms with Crippen molar-refractivity contribution >= 4 is 33.1 Å². The van der Waals surface area contributed by atoms with Crippen LogP contribution in [0.1, 0.15) is 9.67 Å². The molecule has 1 amide bonds. The molecule has 0 spiro atoms. The van der Waals surface area contributed by atoms with Gasteiger partial charge in [0.1, 0.15) is 10.4 Å². The van der Waals surface area contributed by atoms with E-state index in [1.807, 2.05) is 0 Å². The Morgan fingerprint density at radius 1 is 1.61 bits per heavy atom. The second kappa shape index (κ2) is 4.85. The van der Waals surface area contributed by atoms with Crippen LogP contribution in [0.3, 0.4) is 0 Å². The summed E-state index contributed by atoms with van der Waals surface area (Å²) in [6, 6.07) is 3.52. The molecule has 0 radical (unpaired) electrons. The minimum absolute atomic E-state index is 0.252. The molecule has 0 bridgehead atoms. The molecule has 7 heteroatoms. The van der Waals surface area contributed by atoms with Gasteiger partial charge >= 0.3 is 0 Å². The summed E-state index contributed by atoms with van der Waals surface area (Å²) < 4.78 is 25.2. The lowest BCUT2D eigenvalue weighted by Gasteiger charge is -2.15. The number of pyridine rings is 1. The smallest absolute Gasteiger partial charge is 0.266 e. The van der Waals surface area contributed by atoms with E-state index in [1.54, 1.807) is 18.3 Å². The predicted octanol–water partition coefficient (Wildman–Crippen LogP) is 2.22. The Bertz CT molecular complexity index is 585. The molecule has 2 rings (SSSR count). The van der Waals surface area contributed by atoms with Crippen LogP contribution < -0.4 is 5.73 Å². The highest BCUT2D eigenvalue weighted by Gasteiger charge is 2.22. The van der Waals surface area contributed by atoms with Crippen molar-refractivity contribution in [2.45, 2.75) is 6.43 Å². The maximum absolute atomic E-state index is 12.2. The van der Waals surface area contributed by atoms with Crippen LogP contribution in [0, 0.1) is 0 Å². The van der Waals surface area contributed by atoms with Crippen molar-refractivity contribution in [3.63, 3.8) is 0 Å². The lowest BCUT2D eigenvalue weighted by atomic mass is 10.3. The van der Waals surface area contributed by atoms with Gasteiger partial charge in [0, 0.05) is 13.2 Å². The number of nitrogens with zero attached hydrogens (tertiary/aromatic N) is 2. The van der Waals surface area contributed by atoms with Gasteiger partial charge in [0.15, 0.2) is 0 Å². The second-order valence-electron chi connectivity index (χ2n) is 3.77. The van der Waals surface area contributed by atoms with Crippen molar-refractivity contribution in [3.05, 3.63) is 23.2 Å². The van der Waals surface area contributed by atoms with Gasteiger partial charge in [0.05, 0.1) is 16.9 Å². The van der Waals surface area contributed by atoms with Crippen LogP contribution in [0.2, 0.25) is 0 Å². The molecule has 2 aromatic rings. The predicted molar refractivity (Wildman–Crippen MR) is 67.0 cm³/mol. The molecule has 0 aliphatic rings. The van der Waals surface area contributed by atoms with Gasteiger partial charge in [-0.05, 0) is 12.1 Å². The maximum Gasteiger partial charge on any atom is 0.266 e. The average molecular weight is 271 g/mol. The van der Waals surface area contributed by atoms with Crippen LogP contribution in [0.15, 0.2) is 18.3 Å². The topological polar surface area (TPSA) is 59.2 Å². The first-order chi connectivity index (χ1) is 8.50. The molecule has 0 atom stereocenters. The van der Waals surface area contributed by atoms with Crippen molar-refractivity contribution in [2.75, 3.05) is 19.3 Å². The van der Waals surface area contributed by atoms with Gasteiger partial charge in [-0.3, -0.25) is 9.78 Å². The normalized spacial score (nSPS) is 11.1. The van der Waals surface area contributed by atoms with Gasteiger partial charge in [-0.15, -0.1) is 11.3 Å². The number of aromatic nitrogens is 1. The van der Waals surface area contributed by atoms with Gasteiger partial charge in [-0.25, -0.2) is 8.78 Å². The minimum atomic E-state index is -2.56. The van der Waals surface area contributed by atoms with Gasteiger partial charge in [-0.1, -0.05) is 0 Å². The molecular weight excluding hydrogens is 260 g/mol. The van der Waals surface area contributed by atoms with Crippen LogP contribution in [-0.2, 0) is 0 Å². The first-order valence-corrected chi connectivity index (χ1v) is 5.99. The van der Waals surface area contributed by atoms with Gasteiger partial charge in [0.2, 0.25) is 0 Å². The number of alkyl halides is 2. The van der Waals surface area contributed by atoms with E-state index in [9.17, 15) is 13.6 Å². The van der Waals surface area contributed by atoms with E-state index in [2.05, 4.69) is 4.98 Å². The Morgan fingerprint density at radius 3 is 2.94 bits per heavy atom. The van der Waals surface area contributed by atoms with E-state index in [0.717, 1.165) is 20.9 Å². The summed E-state index contributed by atoms with van der Waals surface area (Å²) in [6.45, 7) is -0.611. The summed E-state index contributed by atoms with van der Waals surface area (Å²) in [5, 5.41) is 0. The summed E-state index contributed by atoms with van der Waals surface area (Å²) in [6.07, 6.45) is -0.990. The van der Waals surface area contributed by atoms with Crippen LogP contribution in [0.5, 0.6) is 0 Å². The van der Waals surface area contributed by atoms with Crippen LogP contribution >= 0.6 is 11.3 Å². The fourth-order valence-corrected chi connectivity index (χ4v) is 2.65. The standard InChI is InChI=1S/C11H11F2N3OS/c1-16(5-7(12)13)11(17)10-8(14)9-6(18-10)3-2-4-15-9/h2-4,7H,5,14H2,1H3. The number of hydrogen-bond donors (Lipinski definition) is 1. The van der Waals surface area contributed by atoms with E-state index in [0.29, 0.717) is 5.52 Å². The first-order valence-electron chi connectivity index (χ1n) is 5.17. The van der Waals surface area contributed by atoms with Gasteiger partial charge < -0.3 is 10.6 Å². The highest BCUT2D eigenvalue weighted by Crippen LogP contribution is 2.32. The molecule has 0 fully saturated rings. The maximum atomic E-state index is 12.2. The van der Waals surface area contributed by atoms with E-state index in [-0.39, 0.29) is 10.6 Å². The van der Waals surface area contributed by atoms with Crippen LogP contribution in [0.25, 0.3) is 10.2 Å². The number of amides is 1. The molecule has 0 aliphatic heterocycles. The van der Waals surface area contributed by atoms with Crippen molar-refractivity contribution in [1.82, 2.24) is 9.88 Å². The fraction of sp³-hybridized carbons (Fsp3) is 0.273. The fourth-order valence-electron chi connectivity index (χ4n) is 1.57. The highest BCUT2D eigenvalue weighted by molar-refractivity contribution is 7.21. The monoisotopic (exact) mass is 271 g/mol. The summed E-state index contributed by atoms with van der Waals surface area (Å²) >= 11 is 1.16. The zero-order valence-corrected chi connectivity index (χ0v) is 10.4. The number of carbonyl (C=O) groups is 1. The van der Waals surface area contributed by atoms with Crippen molar-refractivity contribution in [1.29, 1.82) is 0 Å². The number of rotatable bonds is 3. The average Bonchev–Trinajstić information content (AvgIpc) is 2.66. The number of carbonyl (C=O) groups excluding carboxylic acids is 1. The first kappa shape index (κ1) is 12.7. The third-order valence-electron chi connectivity index (χ3n) is 2.44. The third-order valence-corrected chi connectivity index (χ3v) is 3.58. The van der Waals surface area contributed by atoms with Crippen LogP contribution in [-0.4, -0.2) is 35.8 Å². The molecule has 0 saturated heterocycles. The van der Waals surface area contributed by atoms with Crippen molar-refractivity contribution in [2.24, 2.45) is 0 Å². The number of halogens is 2. The molecule has 96 valence electrons. The Kier molecular flexibility index (Phi) is 3.42. The Labute approximate surface area is 106 Å². The number of thiophene rings is 1. The second-order valence-corrected chi connectivity index (χ2v) is 4.82. The summed E-state index contributed by atoms with van der Waals surface area (Å²) in [7, 11) is 1.33. The number of anilines is 1. The lowest BCUT2D eigenvalue weighted by molar-refractivity contribution is 0.0625. The SMILES string of the molecule is CN(CC(F)F)C(=O)c1sc2cccnc2c1N. The van der Waals surface area contributed by atoms with Crippen molar-refractivity contribution in [3.8, 4) is 0 Å². The molecule has 2 heterocycles. The molecule has 0 aromatic carbocycles. The van der Waals surface area contributed by atoms with Crippen molar-refractivity contribution < 1.29 is 13.6 Å². The summed E-state index contributed by atoms with van der Waals surface area (Å²) in [4.78, 5) is 17.3. The largest absolute Gasteiger partial charge is 0.396 e. The zero-order valence-electron chi connectivity index (χ0n) is 9.56. The molecule has 2 aromatic heterocycles. The number of nitrogens with two attached hydrogens (primary N) is 1. The third kappa shape index (κ3) is 2.26. The van der Waals surface area contributed by atoms with Gasteiger partial charge in [-0.2, -0.15) is 0 Å². The Hall–Kier alpha value is -1.76. The molecule has 0 saturated carbocycles. The molecular formula is C11H11F2N3OS. The minimum Gasteiger partial charge on any atom is -0.396 e. The Morgan fingerprint density at radius 2 is 2.33 bits per heavy atom. The lowest BCUT2D eigenvalue weighted by Crippen LogP contribution is -2.31. The summed E-state index contributed by atoms with van der Waals surface area (Å²) in [5.41, 5.74) is 6.61. The van der Waals surface area contributed by atoms with E-state index < -0.39 is 18.9 Å². The zero-order chi connectivity index (χ0) is 13.3. The molecule has 2 N–H and O–H groups in total. The highest BCUT2D eigenvalue weighted by atomic mass is 32.1. The van der Waals surface area contributed by atoms with E-state index in [4.69, 9.17) is 5.73 Å². The molecule has 18 heavy (non-hydrogen) atoms. The Balaban J connectivity index is 2.36. The van der Waals surface area contributed by atoms with E-state index in [1.165, 1.54) is 7.05 Å². The number of nitrogen functional groups attached to an aromatic ring is 1. The van der Waals surface area contributed by atoms with Crippen LogP contribution in [0.4, 0.5) is 14.5 Å². The molecule has 0 unspecified atom stereocenters. The number of fused-ring (bicyclic) bond motifs is 1. The van der Waals surface area contributed by atoms with Gasteiger partial charge in [0.25, 0.3) is 12.3 Å². The molecule has 0 aliphatic carbocycles. The summed E-state index contributed by atoms with van der Waals surface area (Å²) in [5.74, 6) is -0.504. The van der Waals surface area contributed by atoms with E-state index >= 15 is 0 Å².